The summed E-state index contributed by atoms with van der Waals surface area (Å²) >= 11 is 0. The van der Waals surface area contributed by atoms with Gasteiger partial charge in [-0.3, -0.25) is 30.0 Å². The van der Waals surface area contributed by atoms with E-state index in [1.165, 1.54) is 5.56 Å². The number of aromatic nitrogens is 4. The zero-order chi connectivity index (χ0) is 29.2. The SMILES string of the molecule is Cc1ccc(COc2cccc(C(c3c(-c4ccc(C)cc4)[nH][nH]c3=O)c3c(-c4ccc(C)cc4)[nH][nH]c3=O)c2)cc1. The van der Waals surface area contributed by atoms with Crippen LogP contribution in [0.25, 0.3) is 22.5 Å². The predicted molar refractivity (Wildman–Crippen MR) is 166 cm³/mol. The Morgan fingerprint density at radius 2 is 1.07 bits per heavy atom. The maximum absolute atomic E-state index is 13.6. The molecule has 6 rings (SSSR count). The smallest absolute Gasteiger partial charge is 0.268 e. The van der Waals surface area contributed by atoms with Crippen molar-refractivity contribution < 1.29 is 4.74 Å². The van der Waals surface area contributed by atoms with E-state index in [2.05, 4.69) is 39.5 Å². The number of ether oxygens (including phenoxy) is 1. The molecule has 4 N–H and O–H groups in total. The van der Waals surface area contributed by atoms with E-state index in [9.17, 15) is 9.59 Å². The van der Waals surface area contributed by atoms with Gasteiger partial charge in [0.1, 0.15) is 12.4 Å². The van der Waals surface area contributed by atoms with Gasteiger partial charge in [0.05, 0.1) is 22.5 Å². The topological polar surface area (TPSA) is 107 Å². The molecule has 7 nitrogen and oxygen atoms in total. The predicted octanol–water partition coefficient (Wildman–Crippen LogP) is 6.74. The van der Waals surface area contributed by atoms with Crippen molar-refractivity contribution in [3.63, 3.8) is 0 Å². The van der Waals surface area contributed by atoms with Crippen LogP contribution in [0.1, 0.15) is 44.9 Å². The Morgan fingerprint density at radius 1 is 0.595 bits per heavy atom. The molecule has 4 aromatic carbocycles. The zero-order valence-corrected chi connectivity index (χ0v) is 23.7. The molecule has 0 radical (unpaired) electrons. The van der Waals surface area contributed by atoms with Gasteiger partial charge >= 0.3 is 0 Å². The zero-order valence-electron chi connectivity index (χ0n) is 23.7. The minimum atomic E-state index is -0.703. The molecule has 0 aliphatic rings. The average Bonchev–Trinajstić information content (AvgIpc) is 3.57. The van der Waals surface area contributed by atoms with E-state index in [4.69, 9.17) is 4.74 Å². The summed E-state index contributed by atoms with van der Waals surface area (Å²) in [4.78, 5) is 27.2. The van der Waals surface area contributed by atoms with Gasteiger partial charge in [-0.2, -0.15) is 0 Å². The van der Waals surface area contributed by atoms with E-state index >= 15 is 0 Å². The van der Waals surface area contributed by atoms with Crippen molar-refractivity contribution in [2.24, 2.45) is 0 Å². The van der Waals surface area contributed by atoms with E-state index in [-0.39, 0.29) is 11.1 Å². The van der Waals surface area contributed by atoms with Crippen LogP contribution in [0, 0.1) is 20.8 Å². The third kappa shape index (κ3) is 5.37. The van der Waals surface area contributed by atoms with Crippen LogP contribution in [-0.2, 0) is 6.61 Å². The first-order chi connectivity index (χ1) is 20.4. The summed E-state index contributed by atoms with van der Waals surface area (Å²) in [5.41, 5.74) is 8.47. The van der Waals surface area contributed by atoms with Crippen molar-refractivity contribution in [1.29, 1.82) is 0 Å². The highest BCUT2D eigenvalue weighted by atomic mass is 16.5. The van der Waals surface area contributed by atoms with Crippen LogP contribution in [0.4, 0.5) is 0 Å². The van der Waals surface area contributed by atoms with E-state index < -0.39 is 5.92 Å². The van der Waals surface area contributed by atoms with Crippen LogP contribution >= 0.6 is 0 Å². The lowest BCUT2D eigenvalue weighted by atomic mass is 9.83. The average molecular weight is 557 g/mol. The Bertz CT molecular complexity index is 1840. The summed E-state index contributed by atoms with van der Waals surface area (Å²) in [6.07, 6.45) is 0. The highest BCUT2D eigenvalue weighted by molar-refractivity contribution is 5.71. The second kappa shape index (κ2) is 11.3. The van der Waals surface area contributed by atoms with E-state index in [1.807, 2.05) is 98.8 Å². The highest BCUT2D eigenvalue weighted by Gasteiger charge is 2.31. The number of hydrogen-bond acceptors (Lipinski definition) is 3. The molecule has 42 heavy (non-hydrogen) atoms. The van der Waals surface area contributed by atoms with Crippen LogP contribution in [0.2, 0.25) is 0 Å². The fraction of sp³-hybridized carbons (Fsp3) is 0.143. The first kappa shape index (κ1) is 26.9. The molecule has 0 spiro atoms. The second-order valence-corrected chi connectivity index (χ2v) is 10.7. The quantitative estimate of drug-likeness (QED) is 0.167. The van der Waals surface area contributed by atoms with Crippen LogP contribution in [0.3, 0.4) is 0 Å². The molecule has 0 amide bonds. The minimum Gasteiger partial charge on any atom is -0.489 e. The highest BCUT2D eigenvalue weighted by Crippen LogP contribution is 2.38. The lowest BCUT2D eigenvalue weighted by molar-refractivity contribution is 0.306. The number of benzene rings is 4. The summed E-state index contributed by atoms with van der Waals surface area (Å²) in [6, 6.07) is 31.7. The molecule has 0 unspecified atom stereocenters. The Hall–Kier alpha value is -5.30. The summed E-state index contributed by atoms with van der Waals surface area (Å²) in [7, 11) is 0. The van der Waals surface area contributed by atoms with Crippen molar-refractivity contribution in [2.75, 3.05) is 0 Å². The third-order valence-corrected chi connectivity index (χ3v) is 7.61. The standard InChI is InChI=1S/C35H32N4O3/c1-21-7-13-24(14-8-21)20-42-28-6-4-5-27(19-28)29(30-32(36-38-34(30)40)25-15-9-22(2)10-16-25)31-33(37-39-35(31)41)26-17-11-23(3)12-18-26/h4-19,29H,20H2,1-3H3,(H2,36,38,40)(H2,37,39,41). The van der Waals surface area contributed by atoms with Gasteiger partial charge in [-0.1, -0.05) is 102 Å². The molecular weight excluding hydrogens is 524 g/mol. The molecule has 0 fully saturated rings. The maximum Gasteiger partial charge on any atom is 0.268 e. The fourth-order valence-electron chi connectivity index (χ4n) is 5.29. The summed E-state index contributed by atoms with van der Waals surface area (Å²) in [6.45, 7) is 6.48. The summed E-state index contributed by atoms with van der Waals surface area (Å²) in [5, 5.41) is 11.7. The molecule has 0 aliphatic heterocycles. The van der Waals surface area contributed by atoms with E-state index in [1.54, 1.807) is 0 Å². The van der Waals surface area contributed by atoms with Gasteiger partial charge in [-0.05, 0) is 55.2 Å². The number of hydrogen-bond donors (Lipinski definition) is 4. The van der Waals surface area contributed by atoms with E-state index in [0.29, 0.717) is 34.9 Å². The molecule has 7 heteroatoms. The lowest BCUT2D eigenvalue weighted by Gasteiger charge is -2.19. The fourth-order valence-corrected chi connectivity index (χ4v) is 5.29. The van der Waals surface area contributed by atoms with Crippen molar-refractivity contribution >= 4 is 0 Å². The first-order valence-electron chi connectivity index (χ1n) is 13.9. The van der Waals surface area contributed by atoms with E-state index in [0.717, 1.165) is 33.4 Å². The molecule has 0 atom stereocenters. The molecule has 2 aromatic heterocycles. The molecule has 0 aliphatic carbocycles. The van der Waals surface area contributed by atoms with Crippen molar-refractivity contribution in [3.05, 3.63) is 157 Å². The Kier molecular flexibility index (Phi) is 7.23. The number of aromatic amines is 4. The largest absolute Gasteiger partial charge is 0.489 e. The van der Waals surface area contributed by atoms with Gasteiger partial charge in [0.2, 0.25) is 0 Å². The minimum absolute atomic E-state index is 0.294. The van der Waals surface area contributed by atoms with Crippen molar-refractivity contribution in [1.82, 2.24) is 20.4 Å². The Labute approximate surface area is 243 Å². The van der Waals surface area contributed by atoms with Crippen LogP contribution in [0.5, 0.6) is 5.75 Å². The van der Waals surface area contributed by atoms with Crippen molar-refractivity contribution in [2.45, 2.75) is 33.3 Å². The van der Waals surface area contributed by atoms with Crippen LogP contribution in [0.15, 0.2) is 107 Å². The Balaban J connectivity index is 1.51. The molecule has 0 saturated carbocycles. The first-order valence-corrected chi connectivity index (χ1v) is 13.9. The van der Waals surface area contributed by atoms with Gasteiger partial charge in [0.15, 0.2) is 0 Å². The number of nitrogens with one attached hydrogen (secondary N) is 4. The van der Waals surface area contributed by atoms with Gasteiger partial charge in [0.25, 0.3) is 11.1 Å². The van der Waals surface area contributed by atoms with Gasteiger partial charge in [-0.15, -0.1) is 0 Å². The van der Waals surface area contributed by atoms with Gasteiger partial charge in [0, 0.05) is 5.92 Å². The molecule has 210 valence electrons. The summed E-state index contributed by atoms with van der Waals surface area (Å²) < 4.78 is 6.19. The molecular formula is C35H32N4O3. The van der Waals surface area contributed by atoms with Gasteiger partial charge in [-0.25, -0.2) is 0 Å². The normalized spacial score (nSPS) is 11.2. The summed E-state index contributed by atoms with van der Waals surface area (Å²) in [5.74, 6) is -0.0590. The van der Waals surface area contributed by atoms with Crippen LogP contribution < -0.4 is 15.9 Å². The second-order valence-electron chi connectivity index (χ2n) is 10.7. The Morgan fingerprint density at radius 3 is 1.57 bits per heavy atom. The van der Waals surface area contributed by atoms with Gasteiger partial charge < -0.3 is 4.74 Å². The molecule has 2 heterocycles. The van der Waals surface area contributed by atoms with Crippen molar-refractivity contribution in [3.8, 4) is 28.3 Å². The third-order valence-electron chi connectivity index (χ3n) is 7.61. The lowest BCUT2D eigenvalue weighted by Crippen LogP contribution is -2.20. The number of rotatable bonds is 8. The monoisotopic (exact) mass is 556 g/mol. The maximum atomic E-state index is 13.6. The number of H-pyrrole nitrogens is 4. The molecule has 0 bridgehead atoms. The molecule has 0 saturated heterocycles. The number of aryl methyl sites for hydroxylation is 3. The molecule has 6 aromatic rings. The van der Waals surface area contributed by atoms with Crippen LogP contribution in [-0.4, -0.2) is 20.4 Å².